The molecular weight excluding hydrogens is 773 g/mol. The molecule has 2 heteroatoms. The second-order valence-corrected chi connectivity index (χ2v) is 19.5. The van der Waals surface area contributed by atoms with E-state index in [2.05, 4.69) is 233 Å². The molecule has 0 atom stereocenters. The average Bonchev–Trinajstić information content (AvgIpc) is 3.97. The van der Waals surface area contributed by atoms with Crippen molar-refractivity contribution >= 4 is 43.6 Å². The molecule has 64 heavy (non-hydrogen) atoms. The minimum absolute atomic E-state index is 0.164. The molecule has 13 rings (SSSR count). The molecule has 0 saturated carbocycles. The highest BCUT2D eigenvalue weighted by molar-refractivity contribution is 6.12. The summed E-state index contributed by atoms with van der Waals surface area (Å²) in [4.78, 5) is 0. The Morgan fingerprint density at radius 3 is 1.11 bits per heavy atom. The molecule has 0 radical (unpaired) electrons. The quantitative estimate of drug-likeness (QED) is 0.167. The Hall–Kier alpha value is -7.42. The maximum atomic E-state index is 2.57. The van der Waals surface area contributed by atoms with Crippen molar-refractivity contribution < 1.29 is 0 Å². The minimum Gasteiger partial charge on any atom is -0.309 e. The number of aromatic nitrogens is 2. The molecule has 2 aliphatic carbocycles. The van der Waals surface area contributed by atoms with Gasteiger partial charge in [0.2, 0.25) is 0 Å². The number of para-hydroxylation sites is 4. The normalized spacial score (nSPS) is 14.3. The number of benzene rings is 9. The van der Waals surface area contributed by atoms with Crippen LogP contribution >= 0.6 is 0 Å². The molecule has 0 saturated heterocycles. The summed E-state index contributed by atoms with van der Waals surface area (Å²) in [6.45, 7) is 14.4. The molecule has 2 aromatic heterocycles. The van der Waals surface area contributed by atoms with Gasteiger partial charge in [-0.05, 0) is 177 Å². The van der Waals surface area contributed by atoms with Crippen LogP contribution in [0, 0.1) is 13.8 Å². The highest BCUT2D eigenvalue weighted by Gasteiger charge is 2.43. The van der Waals surface area contributed by atoms with E-state index in [1.54, 1.807) is 0 Å². The molecule has 2 nitrogen and oxygen atoms in total. The molecule has 0 spiro atoms. The zero-order valence-corrected chi connectivity index (χ0v) is 37.2. The predicted molar refractivity (Wildman–Crippen MR) is 271 cm³/mol. The molecule has 0 fully saturated rings. The molecule has 0 unspecified atom stereocenters. The van der Waals surface area contributed by atoms with Gasteiger partial charge in [-0.1, -0.05) is 125 Å². The van der Waals surface area contributed by atoms with Gasteiger partial charge in [-0.3, -0.25) is 0 Å². The van der Waals surface area contributed by atoms with Crippen molar-refractivity contribution in [1.82, 2.24) is 9.13 Å². The third-order valence-electron chi connectivity index (χ3n) is 15.1. The van der Waals surface area contributed by atoms with Crippen LogP contribution in [0.1, 0.15) is 61.1 Å². The third kappa shape index (κ3) is 5.03. The predicted octanol–water partition coefficient (Wildman–Crippen LogP) is 16.4. The fourth-order valence-electron chi connectivity index (χ4n) is 12.0. The molecule has 0 amide bonds. The van der Waals surface area contributed by atoms with Crippen molar-refractivity contribution in [2.45, 2.75) is 52.4 Å². The summed E-state index contributed by atoms with van der Waals surface area (Å²) in [6, 6.07) is 68.2. The first-order valence-electron chi connectivity index (χ1n) is 22.8. The van der Waals surface area contributed by atoms with E-state index in [0.29, 0.717) is 0 Å². The fourth-order valence-corrected chi connectivity index (χ4v) is 12.0. The first-order chi connectivity index (χ1) is 31.1. The van der Waals surface area contributed by atoms with Crippen LogP contribution in [0.4, 0.5) is 0 Å². The number of aryl methyl sites for hydroxylation is 2. The Balaban J connectivity index is 0.907. The van der Waals surface area contributed by atoms with E-state index >= 15 is 0 Å². The maximum absolute atomic E-state index is 2.57. The topological polar surface area (TPSA) is 9.86 Å². The summed E-state index contributed by atoms with van der Waals surface area (Å²) in [6.07, 6.45) is 0. The second-order valence-electron chi connectivity index (χ2n) is 19.5. The Morgan fingerprint density at radius 1 is 0.312 bits per heavy atom. The van der Waals surface area contributed by atoms with Crippen molar-refractivity contribution in [3.8, 4) is 55.9 Å². The third-order valence-corrected chi connectivity index (χ3v) is 15.1. The van der Waals surface area contributed by atoms with Crippen LogP contribution in [0.2, 0.25) is 0 Å². The lowest BCUT2D eigenvalue weighted by molar-refractivity contribution is 0.652. The number of nitrogens with zero attached hydrogens (tertiary/aromatic N) is 2. The Morgan fingerprint density at radius 2 is 0.688 bits per heavy atom. The van der Waals surface area contributed by atoms with Crippen LogP contribution in [0.25, 0.3) is 99.5 Å². The van der Waals surface area contributed by atoms with Gasteiger partial charge in [0.05, 0.1) is 22.1 Å². The first kappa shape index (κ1) is 37.2. The van der Waals surface area contributed by atoms with E-state index in [1.807, 2.05) is 0 Å². The average molecular weight is 821 g/mol. The molecular formula is C62H48N2. The van der Waals surface area contributed by atoms with Gasteiger partial charge in [0.15, 0.2) is 0 Å². The van der Waals surface area contributed by atoms with E-state index in [-0.39, 0.29) is 10.8 Å². The van der Waals surface area contributed by atoms with Crippen molar-refractivity contribution in [2.75, 3.05) is 0 Å². The summed E-state index contributed by atoms with van der Waals surface area (Å²) >= 11 is 0. The van der Waals surface area contributed by atoms with E-state index < -0.39 is 0 Å². The zero-order chi connectivity index (χ0) is 43.2. The van der Waals surface area contributed by atoms with E-state index in [1.165, 1.54) is 133 Å². The highest BCUT2D eigenvalue weighted by atomic mass is 15.0. The van der Waals surface area contributed by atoms with Crippen LogP contribution in [0.15, 0.2) is 182 Å². The van der Waals surface area contributed by atoms with Gasteiger partial charge < -0.3 is 9.13 Å². The summed E-state index contributed by atoms with van der Waals surface area (Å²) < 4.78 is 4.80. The van der Waals surface area contributed by atoms with Crippen molar-refractivity contribution in [3.63, 3.8) is 0 Å². The standard InChI is InChI=1S/C62H48N2/c1-37-29-41(39-25-27-57-47(31-39)45-21-13-15-23-55(45)63(57)43-17-9-7-10-18-43)33-53-59(37)49-35-52-50(36-51(49)61(53,3)4)60-38(2)30-42(34-54(60)62(52,5)6)40-26-28-58-48(32-40)46-22-14-16-24-56(46)64(58)44-19-11-8-12-20-44/h7-36H,1-6H3. The van der Waals surface area contributed by atoms with Crippen molar-refractivity contribution in [2.24, 2.45) is 0 Å². The van der Waals surface area contributed by atoms with Crippen LogP contribution in [0.5, 0.6) is 0 Å². The van der Waals surface area contributed by atoms with E-state index in [4.69, 9.17) is 0 Å². The van der Waals surface area contributed by atoms with Crippen LogP contribution in [0.3, 0.4) is 0 Å². The maximum Gasteiger partial charge on any atom is 0.0541 e. The number of hydrogen-bond donors (Lipinski definition) is 0. The smallest absolute Gasteiger partial charge is 0.0541 e. The lowest BCUT2D eigenvalue weighted by Crippen LogP contribution is -2.17. The Bertz CT molecular complexity index is 3530. The lowest BCUT2D eigenvalue weighted by Gasteiger charge is -2.24. The molecule has 2 heterocycles. The molecule has 0 N–H and O–H groups in total. The Kier molecular flexibility index (Phi) is 7.59. The van der Waals surface area contributed by atoms with Gasteiger partial charge in [0.1, 0.15) is 0 Å². The molecule has 0 aliphatic heterocycles. The fraction of sp³-hybridized carbons (Fsp3) is 0.129. The summed E-state index contributed by atoms with van der Waals surface area (Å²) in [5, 5.41) is 5.12. The Labute approximate surface area is 374 Å². The molecule has 0 bridgehead atoms. The first-order valence-corrected chi connectivity index (χ1v) is 22.8. The van der Waals surface area contributed by atoms with Gasteiger partial charge in [-0.15, -0.1) is 0 Å². The van der Waals surface area contributed by atoms with Gasteiger partial charge in [0, 0.05) is 43.7 Å². The van der Waals surface area contributed by atoms with E-state index in [9.17, 15) is 0 Å². The largest absolute Gasteiger partial charge is 0.309 e. The molecule has 306 valence electrons. The number of hydrogen-bond acceptors (Lipinski definition) is 0. The second kappa shape index (κ2) is 13.1. The molecule has 9 aromatic carbocycles. The summed E-state index contributed by atoms with van der Waals surface area (Å²) in [5.41, 5.74) is 26.0. The van der Waals surface area contributed by atoms with Gasteiger partial charge in [0.25, 0.3) is 0 Å². The number of rotatable bonds is 4. The molecule has 11 aromatic rings. The van der Waals surface area contributed by atoms with Crippen molar-refractivity contribution in [3.05, 3.63) is 215 Å². The highest BCUT2D eigenvalue weighted by Crippen LogP contribution is 2.58. The number of fused-ring (bicyclic) bond motifs is 12. The zero-order valence-electron chi connectivity index (χ0n) is 37.2. The van der Waals surface area contributed by atoms with Crippen LogP contribution < -0.4 is 0 Å². The van der Waals surface area contributed by atoms with E-state index in [0.717, 1.165) is 0 Å². The lowest BCUT2D eigenvalue weighted by atomic mass is 9.79. The van der Waals surface area contributed by atoms with Crippen LogP contribution in [-0.4, -0.2) is 9.13 Å². The monoisotopic (exact) mass is 820 g/mol. The summed E-state index contributed by atoms with van der Waals surface area (Å²) in [5.74, 6) is 0. The van der Waals surface area contributed by atoms with Crippen molar-refractivity contribution in [1.29, 1.82) is 0 Å². The summed E-state index contributed by atoms with van der Waals surface area (Å²) in [7, 11) is 0. The van der Waals surface area contributed by atoms with Gasteiger partial charge in [-0.25, -0.2) is 0 Å². The van der Waals surface area contributed by atoms with Gasteiger partial charge in [-0.2, -0.15) is 0 Å². The minimum atomic E-state index is -0.164. The van der Waals surface area contributed by atoms with Gasteiger partial charge >= 0.3 is 0 Å². The van der Waals surface area contributed by atoms with Crippen LogP contribution in [-0.2, 0) is 10.8 Å². The SMILES string of the molecule is Cc1cc(-c2ccc3c(c2)c2ccccc2n3-c2ccccc2)cc2c1-c1cc3c(cc1C2(C)C)-c1c(C)cc(-c2ccc4c(c2)c2ccccc2n4-c2ccccc2)cc1C3(C)C. The molecule has 2 aliphatic rings.